The molecule has 2 aliphatic rings. The van der Waals surface area contributed by atoms with Crippen molar-refractivity contribution in [2.45, 2.75) is 63.6 Å². The Morgan fingerprint density at radius 2 is 1.77 bits per heavy atom. The molecule has 0 radical (unpaired) electrons. The average Bonchev–Trinajstić information content (AvgIpc) is 2.95. The van der Waals surface area contributed by atoms with E-state index in [0.29, 0.717) is 11.3 Å². The summed E-state index contributed by atoms with van der Waals surface area (Å²) in [4.78, 5) is 38.8. The van der Waals surface area contributed by atoms with Crippen molar-refractivity contribution in [1.82, 2.24) is 5.32 Å². The van der Waals surface area contributed by atoms with E-state index in [4.69, 9.17) is 0 Å². The van der Waals surface area contributed by atoms with Gasteiger partial charge in [-0.3, -0.25) is 14.4 Å². The monoisotopic (exact) mass is 438 g/mol. The van der Waals surface area contributed by atoms with Gasteiger partial charge in [-0.15, -0.1) is 0 Å². The molecule has 6 nitrogen and oxygen atoms in total. The van der Waals surface area contributed by atoms with Crippen molar-refractivity contribution in [2.75, 3.05) is 4.90 Å². The predicted molar refractivity (Wildman–Crippen MR) is 107 cm³/mol. The molecule has 31 heavy (non-hydrogen) atoms. The molecule has 2 fully saturated rings. The molecule has 1 saturated carbocycles. The Morgan fingerprint density at radius 1 is 1.16 bits per heavy atom. The zero-order valence-electron chi connectivity index (χ0n) is 17.2. The quantitative estimate of drug-likeness (QED) is 0.410. The molecular weight excluding hydrogens is 413 g/mol. The van der Waals surface area contributed by atoms with Gasteiger partial charge in [0.15, 0.2) is 0 Å². The van der Waals surface area contributed by atoms with Crippen LogP contribution in [0, 0.1) is 5.92 Å². The van der Waals surface area contributed by atoms with E-state index in [1.807, 2.05) is 0 Å². The van der Waals surface area contributed by atoms with E-state index in [0.717, 1.165) is 39.0 Å². The Morgan fingerprint density at radius 3 is 2.32 bits per heavy atom. The number of halogens is 3. The SMILES string of the molecule is C/C(O)=C1/C(=O)N(c2ccccc2)C(=O)[C@@]1(NC(=O)CCC1CCCCC1)C(F)(F)F. The van der Waals surface area contributed by atoms with Gasteiger partial charge in [0.25, 0.3) is 17.4 Å². The summed E-state index contributed by atoms with van der Waals surface area (Å²) >= 11 is 0. The molecule has 1 aromatic carbocycles. The number of amides is 3. The molecule has 9 heteroatoms. The van der Waals surface area contributed by atoms with Crippen LogP contribution in [0.4, 0.5) is 18.9 Å². The molecule has 1 aliphatic carbocycles. The van der Waals surface area contributed by atoms with Crippen molar-refractivity contribution in [1.29, 1.82) is 0 Å². The standard InChI is InChI=1S/C22H25F3N2O4/c1-14(28)18-19(30)27(16-10-6-3-7-11-16)20(31)21(18,22(23,24)25)26-17(29)13-12-15-8-4-2-5-9-15/h3,6-7,10-11,15,28H,2,4-5,8-9,12-13H2,1H3,(H,26,29)/b18-14+/t21-/m1/s1. The summed E-state index contributed by atoms with van der Waals surface area (Å²) in [6, 6.07) is 7.10. The van der Waals surface area contributed by atoms with Crippen molar-refractivity contribution in [3.8, 4) is 0 Å². The first-order valence-electron chi connectivity index (χ1n) is 10.3. The number of imide groups is 1. The molecule has 168 valence electrons. The van der Waals surface area contributed by atoms with Gasteiger partial charge in [-0.05, 0) is 31.4 Å². The van der Waals surface area contributed by atoms with Crippen molar-refractivity contribution in [3.05, 3.63) is 41.7 Å². The molecule has 2 N–H and O–H groups in total. The smallest absolute Gasteiger partial charge is 0.425 e. The van der Waals surface area contributed by atoms with Crippen LogP contribution in [0.2, 0.25) is 0 Å². The number of carbonyl (C=O) groups excluding carboxylic acids is 3. The van der Waals surface area contributed by atoms with Gasteiger partial charge in [-0.25, -0.2) is 4.90 Å². The maximum atomic E-state index is 14.3. The topological polar surface area (TPSA) is 86.7 Å². The lowest BCUT2D eigenvalue weighted by atomic mass is 9.85. The zero-order valence-corrected chi connectivity index (χ0v) is 17.2. The number of aliphatic hydroxyl groups excluding tert-OH is 1. The summed E-state index contributed by atoms with van der Waals surface area (Å²) in [6.07, 6.45) is -0.161. The Bertz CT molecular complexity index is 888. The number of anilines is 1. The predicted octanol–water partition coefficient (Wildman–Crippen LogP) is 4.17. The largest absolute Gasteiger partial charge is 0.512 e. The van der Waals surface area contributed by atoms with E-state index < -0.39 is 40.8 Å². The van der Waals surface area contributed by atoms with E-state index in [-0.39, 0.29) is 18.0 Å². The number of rotatable bonds is 5. The molecule has 1 heterocycles. The minimum atomic E-state index is -5.34. The normalized spacial score (nSPS) is 24.5. The van der Waals surface area contributed by atoms with Gasteiger partial charge in [-0.2, -0.15) is 13.2 Å². The fourth-order valence-electron chi connectivity index (χ4n) is 4.41. The lowest BCUT2D eigenvalue weighted by Crippen LogP contribution is -2.64. The molecule has 3 amide bonds. The summed E-state index contributed by atoms with van der Waals surface area (Å²) in [7, 11) is 0. The highest BCUT2D eigenvalue weighted by atomic mass is 19.4. The van der Waals surface area contributed by atoms with Gasteiger partial charge < -0.3 is 10.4 Å². The molecule has 1 aliphatic heterocycles. The maximum Gasteiger partial charge on any atom is 0.425 e. The summed E-state index contributed by atoms with van der Waals surface area (Å²) in [6.45, 7) is 0.893. The van der Waals surface area contributed by atoms with Crippen molar-refractivity contribution in [2.24, 2.45) is 5.92 Å². The summed E-state index contributed by atoms with van der Waals surface area (Å²) in [5.74, 6) is -4.69. The van der Waals surface area contributed by atoms with Crippen LogP contribution >= 0.6 is 0 Å². The molecule has 1 saturated heterocycles. The van der Waals surface area contributed by atoms with Gasteiger partial charge in [-0.1, -0.05) is 50.3 Å². The molecule has 3 rings (SSSR count). The first-order valence-corrected chi connectivity index (χ1v) is 10.3. The van der Waals surface area contributed by atoms with Crippen molar-refractivity contribution in [3.63, 3.8) is 0 Å². The summed E-state index contributed by atoms with van der Waals surface area (Å²) in [5.41, 5.74) is -4.90. The lowest BCUT2D eigenvalue weighted by Gasteiger charge is -2.31. The van der Waals surface area contributed by atoms with Crippen LogP contribution in [0.15, 0.2) is 41.7 Å². The first-order chi connectivity index (χ1) is 14.6. The molecule has 0 bridgehead atoms. The van der Waals surface area contributed by atoms with Crippen LogP contribution in [0.5, 0.6) is 0 Å². The van der Waals surface area contributed by atoms with Crippen molar-refractivity contribution < 1.29 is 32.7 Å². The third-order valence-corrected chi connectivity index (χ3v) is 5.95. The van der Waals surface area contributed by atoms with Crippen LogP contribution in [-0.2, 0) is 14.4 Å². The third kappa shape index (κ3) is 4.18. The highest BCUT2D eigenvalue weighted by Gasteiger charge is 2.72. The Balaban J connectivity index is 1.96. The third-order valence-electron chi connectivity index (χ3n) is 5.95. The second-order valence-electron chi connectivity index (χ2n) is 8.08. The number of carbonyl (C=O) groups is 3. The first kappa shape index (κ1) is 22.8. The number of alkyl halides is 3. The van der Waals surface area contributed by atoms with Crippen LogP contribution in [0.25, 0.3) is 0 Å². The second kappa shape index (κ2) is 8.72. The van der Waals surface area contributed by atoms with Crippen LogP contribution in [0.3, 0.4) is 0 Å². The Labute approximate surface area is 178 Å². The second-order valence-corrected chi connectivity index (χ2v) is 8.08. The van der Waals surface area contributed by atoms with Gasteiger partial charge in [0, 0.05) is 6.42 Å². The van der Waals surface area contributed by atoms with E-state index in [2.05, 4.69) is 0 Å². The number of nitrogens with one attached hydrogen (secondary N) is 1. The van der Waals surface area contributed by atoms with Crippen LogP contribution in [0.1, 0.15) is 51.9 Å². The average molecular weight is 438 g/mol. The number of para-hydroxylation sites is 1. The number of hydrogen-bond donors (Lipinski definition) is 2. The highest BCUT2D eigenvalue weighted by molar-refractivity contribution is 6.34. The molecule has 0 unspecified atom stereocenters. The van der Waals surface area contributed by atoms with E-state index >= 15 is 0 Å². The zero-order chi connectivity index (χ0) is 22.8. The van der Waals surface area contributed by atoms with Crippen LogP contribution < -0.4 is 10.2 Å². The van der Waals surface area contributed by atoms with Crippen LogP contribution in [-0.4, -0.2) is 34.5 Å². The summed E-state index contributed by atoms with van der Waals surface area (Å²) < 4.78 is 43.0. The van der Waals surface area contributed by atoms with Crippen molar-refractivity contribution >= 4 is 23.4 Å². The van der Waals surface area contributed by atoms with Gasteiger partial charge in [0.05, 0.1) is 11.3 Å². The number of hydrogen-bond acceptors (Lipinski definition) is 4. The molecular formula is C22H25F3N2O4. The minimum absolute atomic E-state index is 0.0844. The highest BCUT2D eigenvalue weighted by Crippen LogP contribution is 2.45. The molecule has 1 atom stereocenters. The molecule has 1 aromatic rings. The van der Waals surface area contributed by atoms with E-state index in [1.54, 1.807) is 11.4 Å². The molecule has 0 spiro atoms. The lowest BCUT2D eigenvalue weighted by molar-refractivity contribution is -0.189. The maximum absolute atomic E-state index is 14.3. The van der Waals surface area contributed by atoms with Gasteiger partial charge in [0.2, 0.25) is 5.91 Å². The van der Waals surface area contributed by atoms with E-state index in [9.17, 15) is 32.7 Å². The Hall–Kier alpha value is -2.84. The summed E-state index contributed by atoms with van der Waals surface area (Å²) in [5, 5.41) is 11.8. The number of allylic oxidation sites excluding steroid dienone is 1. The number of nitrogens with zero attached hydrogens (tertiary/aromatic N) is 1. The fourth-order valence-corrected chi connectivity index (χ4v) is 4.41. The minimum Gasteiger partial charge on any atom is -0.512 e. The fraction of sp³-hybridized carbons (Fsp3) is 0.500. The Kier molecular flexibility index (Phi) is 6.43. The number of aliphatic hydroxyl groups is 1. The number of benzene rings is 1. The van der Waals surface area contributed by atoms with E-state index in [1.165, 1.54) is 24.3 Å². The van der Waals surface area contributed by atoms with Gasteiger partial charge in [0.1, 0.15) is 5.76 Å². The van der Waals surface area contributed by atoms with Gasteiger partial charge >= 0.3 is 6.18 Å². The molecule has 0 aromatic heterocycles.